The van der Waals surface area contributed by atoms with Gasteiger partial charge in [-0.3, -0.25) is 0 Å². The number of ether oxygens (including phenoxy) is 2. The molecule has 1 N–H and O–H groups in total. The molecule has 0 aliphatic carbocycles. The summed E-state index contributed by atoms with van der Waals surface area (Å²) in [4.78, 5) is 0. The molecule has 0 fully saturated rings. The Morgan fingerprint density at radius 2 is 1.75 bits per heavy atom. The molecule has 1 aromatic carbocycles. The van der Waals surface area contributed by atoms with E-state index in [1.165, 1.54) is 0 Å². The normalized spacial score (nSPS) is 13.3. The molecule has 0 spiro atoms. The first-order chi connectivity index (χ1) is 7.45. The summed E-state index contributed by atoms with van der Waals surface area (Å²) in [5.74, 6) is 1.34. The first-order valence-electron chi connectivity index (χ1n) is 5.39. The van der Waals surface area contributed by atoms with E-state index in [1.54, 1.807) is 7.11 Å². The molecule has 1 unspecified atom stereocenters. The molecule has 16 heavy (non-hydrogen) atoms. The third kappa shape index (κ3) is 3.42. The van der Waals surface area contributed by atoms with Gasteiger partial charge >= 0.3 is 0 Å². The molecule has 0 bridgehead atoms. The lowest BCUT2D eigenvalue weighted by molar-refractivity contribution is 0.0211. The van der Waals surface area contributed by atoms with Crippen molar-refractivity contribution in [2.75, 3.05) is 13.7 Å². The van der Waals surface area contributed by atoms with Crippen LogP contribution in [-0.2, 0) is 0 Å². The highest BCUT2D eigenvalue weighted by Crippen LogP contribution is 2.27. The molecule has 0 saturated heterocycles. The minimum absolute atomic E-state index is 0.179. The zero-order valence-electron chi connectivity index (χ0n) is 10.4. The Bertz CT molecular complexity index is 328. The Balaban J connectivity index is 2.61. The Hall–Kier alpha value is -1.22. The quantitative estimate of drug-likeness (QED) is 0.854. The molecule has 0 heterocycles. The number of para-hydroxylation sites is 2. The summed E-state index contributed by atoms with van der Waals surface area (Å²) < 4.78 is 10.7. The van der Waals surface area contributed by atoms with Crippen molar-refractivity contribution in [3.05, 3.63) is 24.3 Å². The second-order valence-electron chi connectivity index (χ2n) is 4.84. The number of aliphatic hydroxyl groups excluding tert-OH is 1. The third-order valence-corrected chi connectivity index (χ3v) is 2.47. The maximum atomic E-state index is 9.84. The number of methoxy groups -OCH3 is 1. The van der Waals surface area contributed by atoms with E-state index in [9.17, 15) is 5.11 Å². The summed E-state index contributed by atoms with van der Waals surface area (Å²) in [6.45, 7) is 6.19. The van der Waals surface area contributed by atoms with E-state index in [2.05, 4.69) is 0 Å². The molecule has 1 atom stereocenters. The van der Waals surface area contributed by atoms with E-state index >= 15 is 0 Å². The van der Waals surface area contributed by atoms with Gasteiger partial charge in [-0.05, 0) is 17.5 Å². The van der Waals surface area contributed by atoms with Crippen LogP contribution in [-0.4, -0.2) is 24.9 Å². The van der Waals surface area contributed by atoms with Crippen LogP contribution in [0.15, 0.2) is 24.3 Å². The van der Waals surface area contributed by atoms with E-state index in [0.717, 1.165) is 0 Å². The summed E-state index contributed by atoms with van der Waals surface area (Å²) in [7, 11) is 1.60. The lowest BCUT2D eigenvalue weighted by Gasteiger charge is -2.25. The molecule has 0 radical (unpaired) electrons. The summed E-state index contributed by atoms with van der Waals surface area (Å²) in [6.07, 6.45) is -0.502. The molecule has 0 amide bonds. The van der Waals surface area contributed by atoms with E-state index in [4.69, 9.17) is 9.47 Å². The summed E-state index contributed by atoms with van der Waals surface area (Å²) >= 11 is 0. The second kappa shape index (κ2) is 5.21. The van der Waals surface area contributed by atoms with Crippen molar-refractivity contribution in [2.45, 2.75) is 26.9 Å². The van der Waals surface area contributed by atoms with Crippen molar-refractivity contribution < 1.29 is 14.6 Å². The SMILES string of the molecule is COc1ccccc1OCC(O)C(C)(C)C. The highest BCUT2D eigenvalue weighted by Gasteiger charge is 2.22. The monoisotopic (exact) mass is 224 g/mol. The van der Waals surface area contributed by atoms with Crippen LogP contribution >= 0.6 is 0 Å². The molecule has 0 aliphatic rings. The Labute approximate surface area is 97.0 Å². The molecule has 1 rings (SSSR count). The zero-order valence-corrected chi connectivity index (χ0v) is 10.4. The number of benzene rings is 1. The van der Waals surface area contributed by atoms with E-state index < -0.39 is 6.10 Å². The van der Waals surface area contributed by atoms with Crippen LogP contribution < -0.4 is 9.47 Å². The van der Waals surface area contributed by atoms with Gasteiger partial charge in [-0.1, -0.05) is 32.9 Å². The Kier molecular flexibility index (Phi) is 4.19. The predicted molar refractivity (Wildman–Crippen MR) is 64.0 cm³/mol. The minimum Gasteiger partial charge on any atom is -0.493 e. The van der Waals surface area contributed by atoms with Crippen LogP contribution in [0.1, 0.15) is 20.8 Å². The second-order valence-corrected chi connectivity index (χ2v) is 4.84. The molecule has 90 valence electrons. The maximum Gasteiger partial charge on any atom is 0.161 e. The lowest BCUT2D eigenvalue weighted by Crippen LogP contribution is -2.31. The van der Waals surface area contributed by atoms with Crippen molar-refractivity contribution in [1.29, 1.82) is 0 Å². The highest BCUT2D eigenvalue weighted by atomic mass is 16.5. The van der Waals surface area contributed by atoms with E-state index in [0.29, 0.717) is 11.5 Å². The number of hydrogen-bond acceptors (Lipinski definition) is 3. The fourth-order valence-corrected chi connectivity index (χ4v) is 1.16. The summed E-state index contributed by atoms with van der Waals surface area (Å²) in [6, 6.07) is 7.42. The minimum atomic E-state index is -0.502. The summed E-state index contributed by atoms with van der Waals surface area (Å²) in [5, 5.41) is 9.84. The third-order valence-electron chi connectivity index (χ3n) is 2.47. The number of rotatable bonds is 4. The zero-order chi connectivity index (χ0) is 12.2. The molecule has 0 aliphatic heterocycles. The molecule has 1 aromatic rings. The largest absolute Gasteiger partial charge is 0.493 e. The van der Waals surface area contributed by atoms with Gasteiger partial charge in [0, 0.05) is 0 Å². The van der Waals surface area contributed by atoms with Crippen molar-refractivity contribution in [3.8, 4) is 11.5 Å². The molecule has 0 aromatic heterocycles. The Morgan fingerprint density at radius 3 is 2.25 bits per heavy atom. The molecular formula is C13H20O3. The Morgan fingerprint density at radius 1 is 1.19 bits per heavy atom. The average molecular weight is 224 g/mol. The van der Waals surface area contributed by atoms with Crippen molar-refractivity contribution in [3.63, 3.8) is 0 Å². The van der Waals surface area contributed by atoms with Crippen LogP contribution in [0, 0.1) is 5.41 Å². The molecule has 3 heteroatoms. The fourth-order valence-electron chi connectivity index (χ4n) is 1.16. The number of aliphatic hydroxyl groups is 1. The lowest BCUT2D eigenvalue weighted by atomic mass is 9.90. The van der Waals surface area contributed by atoms with Crippen LogP contribution in [0.3, 0.4) is 0 Å². The van der Waals surface area contributed by atoms with Gasteiger partial charge in [0.1, 0.15) is 6.61 Å². The molecular weight excluding hydrogens is 204 g/mol. The molecule has 0 saturated carbocycles. The first-order valence-corrected chi connectivity index (χ1v) is 5.39. The van der Waals surface area contributed by atoms with Crippen molar-refractivity contribution in [1.82, 2.24) is 0 Å². The van der Waals surface area contributed by atoms with Gasteiger partial charge in [-0.2, -0.15) is 0 Å². The standard InChI is InChI=1S/C13H20O3/c1-13(2,3)12(14)9-16-11-8-6-5-7-10(11)15-4/h5-8,12,14H,9H2,1-4H3. The van der Waals surface area contributed by atoms with Gasteiger partial charge in [0.15, 0.2) is 11.5 Å². The van der Waals surface area contributed by atoms with Crippen LogP contribution in [0.2, 0.25) is 0 Å². The van der Waals surface area contributed by atoms with Gasteiger partial charge in [-0.25, -0.2) is 0 Å². The van der Waals surface area contributed by atoms with Crippen LogP contribution in [0.4, 0.5) is 0 Å². The van der Waals surface area contributed by atoms with Crippen molar-refractivity contribution in [2.24, 2.45) is 5.41 Å². The van der Waals surface area contributed by atoms with Gasteiger partial charge in [0.2, 0.25) is 0 Å². The predicted octanol–water partition coefficient (Wildman–Crippen LogP) is 2.48. The van der Waals surface area contributed by atoms with Crippen LogP contribution in [0.25, 0.3) is 0 Å². The van der Waals surface area contributed by atoms with Gasteiger partial charge in [-0.15, -0.1) is 0 Å². The highest BCUT2D eigenvalue weighted by molar-refractivity contribution is 5.39. The number of hydrogen-bond donors (Lipinski definition) is 1. The van der Waals surface area contributed by atoms with Gasteiger partial charge in [0.05, 0.1) is 13.2 Å². The van der Waals surface area contributed by atoms with E-state index in [-0.39, 0.29) is 12.0 Å². The summed E-state index contributed by atoms with van der Waals surface area (Å²) in [5.41, 5.74) is -0.179. The van der Waals surface area contributed by atoms with Gasteiger partial charge < -0.3 is 14.6 Å². The van der Waals surface area contributed by atoms with E-state index in [1.807, 2.05) is 45.0 Å². The first kappa shape index (κ1) is 12.8. The smallest absolute Gasteiger partial charge is 0.161 e. The fraction of sp³-hybridized carbons (Fsp3) is 0.538. The van der Waals surface area contributed by atoms with Crippen LogP contribution in [0.5, 0.6) is 11.5 Å². The average Bonchev–Trinajstić information content (AvgIpc) is 2.24. The van der Waals surface area contributed by atoms with Gasteiger partial charge in [0.25, 0.3) is 0 Å². The maximum absolute atomic E-state index is 9.84. The topological polar surface area (TPSA) is 38.7 Å². The molecule has 3 nitrogen and oxygen atoms in total. The van der Waals surface area contributed by atoms with Crippen molar-refractivity contribution >= 4 is 0 Å².